The van der Waals surface area contributed by atoms with Gasteiger partial charge >= 0.3 is 0 Å². The van der Waals surface area contributed by atoms with Crippen LogP contribution in [0.15, 0.2) is 29.6 Å². The third kappa shape index (κ3) is 4.79. The van der Waals surface area contributed by atoms with Crippen molar-refractivity contribution in [3.8, 4) is 16.3 Å². The molecule has 0 radical (unpaired) electrons. The second kappa shape index (κ2) is 9.92. The normalized spacial score (nSPS) is 22.7. The highest BCUT2D eigenvalue weighted by atomic mass is 35.5. The molecule has 2 atom stereocenters. The Kier molecular flexibility index (Phi) is 8.13. The van der Waals surface area contributed by atoms with Crippen LogP contribution >= 0.6 is 36.2 Å². The first-order chi connectivity index (χ1) is 12.6. The van der Waals surface area contributed by atoms with Crippen LogP contribution in [0.25, 0.3) is 10.6 Å². The zero-order chi connectivity index (χ0) is 18.1. The standard InChI is InChI=1S/C20H25N3O2S.2ClH/c1-3-25-17-8-4-13(5-9-17)19-22-18(12-26-19)20(24)23(2)16-10-14-6-7-15(11-16)21-14;;/h4-5,8-9,12,14-16,21H,3,6-7,10-11H2,1-2H3;2*1H. The number of hydrogen-bond donors (Lipinski definition) is 1. The highest BCUT2D eigenvalue weighted by molar-refractivity contribution is 7.13. The molecular weight excluding hydrogens is 417 g/mol. The number of thiazole rings is 1. The molecule has 1 aromatic heterocycles. The topological polar surface area (TPSA) is 54.5 Å². The van der Waals surface area contributed by atoms with E-state index in [0.29, 0.717) is 30.4 Å². The summed E-state index contributed by atoms with van der Waals surface area (Å²) in [5.74, 6) is 0.883. The van der Waals surface area contributed by atoms with Gasteiger partial charge in [-0.05, 0) is 56.9 Å². The lowest BCUT2D eigenvalue weighted by molar-refractivity contribution is 0.0676. The first-order valence-electron chi connectivity index (χ1n) is 9.36. The molecule has 0 aliphatic carbocycles. The Balaban J connectivity index is 0.00000140. The number of ether oxygens (including phenoxy) is 1. The summed E-state index contributed by atoms with van der Waals surface area (Å²) >= 11 is 1.52. The van der Waals surface area contributed by atoms with Gasteiger partial charge in [-0.25, -0.2) is 4.98 Å². The van der Waals surface area contributed by atoms with Gasteiger partial charge < -0.3 is 15.0 Å². The Morgan fingerprint density at radius 2 is 1.86 bits per heavy atom. The predicted molar refractivity (Wildman–Crippen MR) is 118 cm³/mol. The summed E-state index contributed by atoms with van der Waals surface area (Å²) in [5, 5.41) is 6.38. The number of carbonyl (C=O) groups is 1. The van der Waals surface area contributed by atoms with E-state index in [-0.39, 0.29) is 30.7 Å². The summed E-state index contributed by atoms with van der Waals surface area (Å²) in [6.07, 6.45) is 4.58. The first-order valence-corrected chi connectivity index (χ1v) is 10.2. The molecule has 3 heterocycles. The average molecular weight is 444 g/mol. The van der Waals surface area contributed by atoms with E-state index < -0.39 is 0 Å². The highest BCUT2D eigenvalue weighted by Gasteiger charge is 2.36. The largest absolute Gasteiger partial charge is 0.494 e. The molecule has 1 amide bonds. The lowest BCUT2D eigenvalue weighted by Gasteiger charge is -2.35. The monoisotopic (exact) mass is 443 g/mol. The zero-order valence-electron chi connectivity index (χ0n) is 16.1. The van der Waals surface area contributed by atoms with Crippen LogP contribution in [0.3, 0.4) is 0 Å². The Hall–Kier alpha value is -1.34. The molecule has 28 heavy (non-hydrogen) atoms. The quantitative estimate of drug-likeness (QED) is 0.743. The number of nitrogens with zero attached hydrogens (tertiary/aromatic N) is 2. The van der Waals surface area contributed by atoms with Crippen LogP contribution in [0, 0.1) is 0 Å². The molecule has 2 bridgehead atoms. The average Bonchev–Trinajstić information content (AvgIpc) is 3.28. The third-order valence-corrected chi connectivity index (χ3v) is 6.34. The molecule has 2 fully saturated rings. The van der Waals surface area contributed by atoms with Gasteiger partial charge in [-0.15, -0.1) is 36.2 Å². The molecule has 5 nitrogen and oxygen atoms in total. The highest BCUT2D eigenvalue weighted by Crippen LogP contribution is 2.31. The van der Waals surface area contributed by atoms with E-state index in [1.807, 2.05) is 48.5 Å². The Labute approximate surface area is 182 Å². The van der Waals surface area contributed by atoms with Crippen molar-refractivity contribution in [2.75, 3.05) is 13.7 Å². The Morgan fingerprint density at radius 1 is 1.21 bits per heavy atom. The van der Waals surface area contributed by atoms with E-state index in [1.54, 1.807) is 0 Å². The summed E-state index contributed by atoms with van der Waals surface area (Å²) in [6, 6.07) is 9.33. The minimum atomic E-state index is 0. The van der Waals surface area contributed by atoms with Crippen molar-refractivity contribution >= 4 is 42.1 Å². The van der Waals surface area contributed by atoms with Crippen molar-refractivity contribution in [2.45, 2.75) is 50.7 Å². The summed E-state index contributed by atoms with van der Waals surface area (Å²) < 4.78 is 5.48. The second-order valence-corrected chi connectivity index (χ2v) is 8.03. The Bertz CT molecular complexity index is 772. The van der Waals surface area contributed by atoms with E-state index >= 15 is 0 Å². The number of halogens is 2. The van der Waals surface area contributed by atoms with Gasteiger partial charge in [-0.3, -0.25) is 4.79 Å². The molecule has 2 aliphatic heterocycles. The van der Waals surface area contributed by atoms with Crippen molar-refractivity contribution in [3.63, 3.8) is 0 Å². The fourth-order valence-corrected chi connectivity index (χ4v) is 4.85. The Morgan fingerprint density at radius 3 is 2.46 bits per heavy atom. The van der Waals surface area contributed by atoms with Crippen molar-refractivity contribution < 1.29 is 9.53 Å². The smallest absolute Gasteiger partial charge is 0.273 e. The van der Waals surface area contributed by atoms with E-state index in [4.69, 9.17) is 4.74 Å². The third-order valence-electron chi connectivity index (χ3n) is 5.45. The van der Waals surface area contributed by atoms with Gasteiger partial charge in [0.2, 0.25) is 0 Å². The van der Waals surface area contributed by atoms with Gasteiger partial charge in [0.15, 0.2) is 0 Å². The van der Waals surface area contributed by atoms with Crippen molar-refractivity contribution in [1.29, 1.82) is 0 Å². The van der Waals surface area contributed by atoms with Crippen LogP contribution in [0.5, 0.6) is 5.75 Å². The van der Waals surface area contributed by atoms with Crippen LogP contribution < -0.4 is 10.1 Å². The fourth-order valence-electron chi connectivity index (χ4n) is 4.05. The molecule has 2 unspecified atom stereocenters. The van der Waals surface area contributed by atoms with Gasteiger partial charge in [0, 0.05) is 36.1 Å². The number of nitrogens with one attached hydrogen (secondary N) is 1. The maximum atomic E-state index is 12.9. The van der Waals surface area contributed by atoms with Crippen LogP contribution in [-0.2, 0) is 0 Å². The molecule has 8 heteroatoms. The molecule has 1 N–H and O–H groups in total. The zero-order valence-corrected chi connectivity index (χ0v) is 18.5. The molecule has 4 rings (SSSR count). The predicted octanol–water partition coefficient (Wildman–Crippen LogP) is 4.41. The van der Waals surface area contributed by atoms with Crippen molar-refractivity contribution in [3.05, 3.63) is 35.3 Å². The van der Waals surface area contributed by atoms with E-state index in [1.165, 1.54) is 24.2 Å². The number of amides is 1. The lowest BCUT2D eigenvalue weighted by atomic mass is 9.98. The number of rotatable bonds is 5. The minimum Gasteiger partial charge on any atom is -0.494 e. The summed E-state index contributed by atoms with van der Waals surface area (Å²) in [5.41, 5.74) is 1.56. The molecule has 2 aromatic rings. The van der Waals surface area contributed by atoms with Crippen molar-refractivity contribution in [1.82, 2.24) is 15.2 Å². The van der Waals surface area contributed by atoms with Gasteiger partial charge in [0.25, 0.3) is 5.91 Å². The fraction of sp³-hybridized carbons (Fsp3) is 0.500. The molecular formula is C20H27Cl2N3O2S. The number of fused-ring (bicyclic) bond motifs is 2. The maximum absolute atomic E-state index is 12.9. The molecule has 2 aliphatic rings. The van der Waals surface area contributed by atoms with E-state index in [0.717, 1.165) is 29.2 Å². The maximum Gasteiger partial charge on any atom is 0.273 e. The number of carbonyl (C=O) groups excluding carboxylic acids is 1. The molecule has 154 valence electrons. The van der Waals surface area contributed by atoms with Crippen LogP contribution in [0.1, 0.15) is 43.1 Å². The SMILES string of the molecule is CCOc1ccc(-c2nc(C(=O)N(C)C3CC4CCC(C3)N4)cs2)cc1.Cl.Cl. The molecule has 0 spiro atoms. The summed E-state index contributed by atoms with van der Waals surface area (Å²) in [4.78, 5) is 19.4. The number of benzene rings is 1. The van der Waals surface area contributed by atoms with Gasteiger partial charge in [0.1, 0.15) is 16.5 Å². The molecule has 2 saturated heterocycles. The van der Waals surface area contributed by atoms with E-state index in [2.05, 4.69) is 10.3 Å². The van der Waals surface area contributed by atoms with Crippen LogP contribution in [-0.4, -0.2) is 47.6 Å². The summed E-state index contributed by atoms with van der Waals surface area (Å²) in [6.45, 7) is 2.62. The lowest BCUT2D eigenvalue weighted by Crippen LogP contribution is -2.48. The summed E-state index contributed by atoms with van der Waals surface area (Å²) in [7, 11) is 1.92. The molecule has 1 aromatic carbocycles. The van der Waals surface area contributed by atoms with Gasteiger partial charge in [-0.1, -0.05) is 0 Å². The van der Waals surface area contributed by atoms with E-state index in [9.17, 15) is 4.79 Å². The number of piperidine rings is 1. The van der Waals surface area contributed by atoms with Gasteiger partial charge in [-0.2, -0.15) is 0 Å². The first kappa shape index (κ1) is 22.9. The van der Waals surface area contributed by atoms with Gasteiger partial charge in [0.05, 0.1) is 6.61 Å². The van der Waals surface area contributed by atoms with Crippen LogP contribution in [0.4, 0.5) is 0 Å². The second-order valence-electron chi connectivity index (χ2n) is 7.17. The number of hydrogen-bond acceptors (Lipinski definition) is 5. The van der Waals surface area contributed by atoms with Crippen LogP contribution in [0.2, 0.25) is 0 Å². The minimum absolute atomic E-state index is 0. The molecule has 0 saturated carbocycles. The number of aromatic nitrogens is 1. The van der Waals surface area contributed by atoms with Crippen molar-refractivity contribution in [2.24, 2.45) is 0 Å².